The van der Waals surface area contributed by atoms with Crippen molar-refractivity contribution in [1.29, 1.82) is 0 Å². The molecule has 0 radical (unpaired) electrons. The highest BCUT2D eigenvalue weighted by molar-refractivity contribution is 6.05. The molecule has 0 unspecified atom stereocenters. The normalized spacial score (nSPS) is 10.3. The van der Waals surface area contributed by atoms with E-state index in [1.807, 2.05) is 14.1 Å². The molecule has 0 fully saturated rings. The molecule has 3 rings (SSSR count). The summed E-state index contributed by atoms with van der Waals surface area (Å²) in [6.07, 6.45) is 0. The maximum Gasteiger partial charge on any atom is -0.0146 e. The van der Waals surface area contributed by atoms with Gasteiger partial charge in [0.25, 0.3) is 0 Å². The lowest BCUT2D eigenvalue weighted by molar-refractivity contribution is 1.02. The molecular weight excluding hydrogens is 230 g/mol. The van der Waals surface area contributed by atoms with E-state index < -0.39 is 0 Å². The van der Waals surface area contributed by atoms with E-state index in [1.165, 1.54) is 32.7 Å². The molecule has 98 valence electrons. The minimum Gasteiger partial charge on any atom is -0.323 e. The lowest BCUT2D eigenvalue weighted by atomic mass is 9.93. The van der Waals surface area contributed by atoms with E-state index >= 15 is 0 Å². The van der Waals surface area contributed by atoms with Crippen LogP contribution in [0.25, 0.3) is 21.5 Å². The van der Waals surface area contributed by atoms with Gasteiger partial charge in [0, 0.05) is 0 Å². The monoisotopic (exact) mass is 251 g/mol. The van der Waals surface area contributed by atoms with E-state index in [0.717, 1.165) is 0 Å². The van der Waals surface area contributed by atoms with Crippen LogP contribution in [0.5, 0.6) is 0 Å². The van der Waals surface area contributed by atoms with Crippen molar-refractivity contribution in [3.63, 3.8) is 0 Å². The molecule has 1 heteroatoms. The first kappa shape index (κ1) is 13.6. The fourth-order valence-corrected chi connectivity index (χ4v) is 2.56. The quantitative estimate of drug-likeness (QED) is 0.582. The summed E-state index contributed by atoms with van der Waals surface area (Å²) in [5, 5.41) is 8.25. The Balaban J connectivity index is 0.000000408. The van der Waals surface area contributed by atoms with Crippen LogP contribution in [0, 0.1) is 13.8 Å². The van der Waals surface area contributed by atoms with Crippen LogP contribution in [0.2, 0.25) is 0 Å². The second-order valence-electron chi connectivity index (χ2n) is 4.84. The van der Waals surface area contributed by atoms with Crippen LogP contribution >= 0.6 is 0 Å². The van der Waals surface area contributed by atoms with Crippen molar-refractivity contribution in [1.82, 2.24) is 5.32 Å². The van der Waals surface area contributed by atoms with Crippen molar-refractivity contribution in [2.45, 2.75) is 13.8 Å². The number of benzene rings is 3. The summed E-state index contributed by atoms with van der Waals surface area (Å²) in [6.45, 7) is 4.42. The first-order chi connectivity index (χ1) is 9.20. The van der Waals surface area contributed by atoms with Gasteiger partial charge in [-0.25, -0.2) is 0 Å². The molecule has 0 amide bonds. The van der Waals surface area contributed by atoms with Crippen molar-refractivity contribution >= 4 is 21.5 Å². The number of hydrogen-bond acceptors (Lipinski definition) is 1. The van der Waals surface area contributed by atoms with Gasteiger partial charge in [-0.1, -0.05) is 48.5 Å². The SMILES string of the molecule is CNC.Cc1c2ccccc2c(C)c2ccccc12. The van der Waals surface area contributed by atoms with E-state index in [-0.39, 0.29) is 0 Å². The lowest BCUT2D eigenvalue weighted by Gasteiger charge is -2.11. The summed E-state index contributed by atoms with van der Waals surface area (Å²) < 4.78 is 0. The summed E-state index contributed by atoms with van der Waals surface area (Å²) in [6, 6.07) is 17.3. The number of fused-ring (bicyclic) bond motifs is 2. The number of aryl methyl sites for hydroxylation is 2. The molecule has 0 heterocycles. The molecule has 0 spiro atoms. The fourth-order valence-electron chi connectivity index (χ4n) is 2.56. The van der Waals surface area contributed by atoms with E-state index in [9.17, 15) is 0 Å². The zero-order valence-corrected chi connectivity index (χ0v) is 12.1. The zero-order valence-electron chi connectivity index (χ0n) is 12.1. The molecular formula is C18H21N. The number of nitrogens with one attached hydrogen (secondary N) is 1. The second kappa shape index (κ2) is 5.85. The average molecular weight is 251 g/mol. The van der Waals surface area contributed by atoms with Gasteiger partial charge in [-0.15, -0.1) is 0 Å². The van der Waals surface area contributed by atoms with Crippen LogP contribution < -0.4 is 5.32 Å². The van der Waals surface area contributed by atoms with Crippen LogP contribution in [-0.2, 0) is 0 Å². The molecule has 0 aromatic heterocycles. The minimum atomic E-state index is 1.37. The van der Waals surface area contributed by atoms with E-state index in [1.54, 1.807) is 0 Å². The van der Waals surface area contributed by atoms with Crippen molar-refractivity contribution in [2.75, 3.05) is 14.1 Å². The molecule has 1 N–H and O–H groups in total. The van der Waals surface area contributed by atoms with Gasteiger partial charge in [0.1, 0.15) is 0 Å². The average Bonchev–Trinajstić information content (AvgIpc) is 2.46. The maximum atomic E-state index is 2.75. The Hall–Kier alpha value is -1.86. The molecule has 19 heavy (non-hydrogen) atoms. The standard InChI is InChI=1S/C16H14.C2H7N/c1-11-13-7-3-5-9-15(13)12(2)16-10-6-4-8-14(11)16;1-3-2/h3-10H,1-2H3;3H,1-2H3. The van der Waals surface area contributed by atoms with Crippen molar-refractivity contribution in [3.05, 3.63) is 59.7 Å². The molecule has 3 aromatic rings. The van der Waals surface area contributed by atoms with Gasteiger partial charge in [-0.05, 0) is 60.6 Å². The molecule has 0 bridgehead atoms. The molecule has 0 aliphatic carbocycles. The van der Waals surface area contributed by atoms with Gasteiger partial charge in [0.2, 0.25) is 0 Å². The number of hydrogen-bond donors (Lipinski definition) is 1. The molecule has 0 saturated heterocycles. The second-order valence-corrected chi connectivity index (χ2v) is 4.84. The van der Waals surface area contributed by atoms with Crippen molar-refractivity contribution in [3.8, 4) is 0 Å². The van der Waals surface area contributed by atoms with E-state index in [0.29, 0.717) is 0 Å². The molecule has 1 nitrogen and oxygen atoms in total. The highest BCUT2D eigenvalue weighted by Crippen LogP contribution is 2.31. The van der Waals surface area contributed by atoms with Crippen LogP contribution in [0.1, 0.15) is 11.1 Å². The first-order valence-electron chi connectivity index (χ1n) is 6.65. The Bertz CT molecular complexity index is 581. The molecule has 3 aromatic carbocycles. The van der Waals surface area contributed by atoms with Gasteiger partial charge >= 0.3 is 0 Å². The Morgan fingerprint density at radius 2 is 0.789 bits per heavy atom. The topological polar surface area (TPSA) is 12.0 Å². The highest BCUT2D eigenvalue weighted by Gasteiger charge is 2.06. The van der Waals surface area contributed by atoms with Gasteiger partial charge in [0.15, 0.2) is 0 Å². The first-order valence-corrected chi connectivity index (χ1v) is 6.65. The van der Waals surface area contributed by atoms with Gasteiger partial charge in [0.05, 0.1) is 0 Å². The summed E-state index contributed by atoms with van der Waals surface area (Å²) in [5.74, 6) is 0. The molecule has 0 atom stereocenters. The molecule has 0 aliphatic rings. The van der Waals surface area contributed by atoms with Gasteiger partial charge in [-0.2, -0.15) is 0 Å². The van der Waals surface area contributed by atoms with Gasteiger partial charge < -0.3 is 5.32 Å². The smallest absolute Gasteiger partial charge is 0.0146 e. The van der Waals surface area contributed by atoms with E-state index in [4.69, 9.17) is 0 Å². The van der Waals surface area contributed by atoms with Crippen LogP contribution in [0.15, 0.2) is 48.5 Å². The third-order valence-corrected chi connectivity index (χ3v) is 3.47. The summed E-state index contributed by atoms with van der Waals surface area (Å²) in [7, 11) is 3.75. The number of rotatable bonds is 0. The van der Waals surface area contributed by atoms with Gasteiger partial charge in [-0.3, -0.25) is 0 Å². The molecule has 0 aliphatic heterocycles. The van der Waals surface area contributed by atoms with E-state index in [2.05, 4.69) is 67.7 Å². The van der Waals surface area contributed by atoms with Crippen LogP contribution in [-0.4, -0.2) is 14.1 Å². The zero-order chi connectivity index (χ0) is 13.8. The summed E-state index contributed by atoms with van der Waals surface area (Å²) in [5.41, 5.74) is 2.77. The Labute approximate surface area is 115 Å². The largest absolute Gasteiger partial charge is 0.323 e. The predicted octanol–water partition coefficient (Wildman–Crippen LogP) is 4.45. The third kappa shape index (κ3) is 2.47. The Morgan fingerprint density at radius 3 is 1.00 bits per heavy atom. The molecule has 0 saturated carbocycles. The minimum absolute atomic E-state index is 1.37. The maximum absolute atomic E-state index is 2.75. The van der Waals surface area contributed by atoms with Crippen LogP contribution in [0.4, 0.5) is 0 Å². The van der Waals surface area contributed by atoms with Crippen molar-refractivity contribution in [2.24, 2.45) is 0 Å². The van der Waals surface area contributed by atoms with Crippen molar-refractivity contribution < 1.29 is 0 Å². The Morgan fingerprint density at radius 1 is 0.579 bits per heavy atom. The lowest BCUT2D eigenvalue weighted by Crippen LogP contribution is -1.89. The highest BCUT2D eigenvalue weighted by atomic mass is 14.7. The Kier molecular flexibility index (Phi) is 4.18. The third-order valence-electron chi connectivity index (χ3n) is 3.47. The summed E-state index contributed by atoms with van der Waals surface area (Å²) >= 11 is 0. The predicted molar refractivity (Wildman–Crippen MR) is 85.9 cm³/mol. The van der Waals surface area contributed by atoms with Crippen LogP contribution in [0.3, 0.4) is 0 Å². The fraction of sp³-hybridized carbons (Fsp3) is 0.222. The summed E-state index contributed by atoms with van der Waals surface area (Å²) in [4.78, 5) is 0.